The smallest absolute Gasteiger partial charge is 0.227 e. The highest BCUT2D eigenvalue weighted by molar-refractivity contribution is 6.30. The van der Waals surface area contributed by atoms with Gasteiger partial charge in [0, 0.05) is 36.0 Å². The predicted octanol–water partition coefficient (Wildman–Crippen LogP) is 2.21. The van der Waals surface area contributed by atoms with Crippen molar-refractivity contribution in [3.63, 3.8) is 0 Å². The number of aromatic nitrogens is 2. The summed E-state index contributed by atoms with van der Waals surface area (Å²) in [5, 5.41) is 7.31. The van der Waals surface area contributed by atoms with Crippen LogP contribution in [0.3, 0.4) is 0 Å². The summed E-state index contributed by atoms with van der Waals surface area (Å²) >= 11 is 5.82. The number of hydrogen-bond donors (Lipinski definition) is 2. The Bertz CT molecular complexity index is 601. The molecule has 1 aromatic carbocycles. The van der Waals surface area contributed by atoms with Crippen LogP contribution in [0.5, 0.6) is 0 Å². The second-order valence-electron chi connectivity index (χ2n) is 4.72. The average molecular weight is 345 g/mol. The first kappa shape index (κ1) is 18.4. The Morgan fingerprint density at radius 1 is 1.41 bits per heavy atom. The van der Waals surface area contributed by atoms with E-state index in [1.54, 1.807) is 12.1 Å². The molecule has 0 radical (unpaired) electrons. The highest BCUT2D eigenvalue weighted by Crippen LogP contribution is 2.18. The standard InChI is InChI=1S/C14H17ClN4O2.ClH/c1-9(8-16)17-12(20)6-7-13-18-14(19-21-13)10-2-4-11(15)5-3-10;/h2-5,9H,6-8,16H2,1H3,(H,17,20);1H/t9-;/m0./s1. The molecule has 1 aromatic heterocycles. The molecule has 6 nitrogen and oxygen atoms in total. The summed E-state index contributed by atoms with van der Waals surface area (Å²) in [4.78, 5) is 15.9. The maximum atomic E-state index is 11.6. The quantitative estimate of drug-likeness (QED) is 0.837. The normalized spacial score (nSPS) is 11.6. The first-order valence-electron chi connectivity index (χ1n) is 6.66. The fraction of sp³-hybridized carbons (Fsp3) is 0.357. The van der Waals surface area contributed by atoms with E-state index in [0.717, 1.165) is 5.56 Å². The zero-order chi connectivity index (χ0) is 15.2. The number of rotatable bonds is 6. The van der Waals surface area contributed by atoms with Gasteiger partial charge in [0.15, 0.2) is 0 Å². The van der Waals surface area contributed by atoms with Gasteiger partial charge in [0.1, 0.15) is 0 Å². The molecule has 0 aliphatic heterocycles. The van der Waals surface area contributed by atoms with Crippen molar-refractivity contribution in [2.24, 2.45) is 5.73 Å². The van der Waals surface area contributed by atoms with Gasteiger partial charge in [-0.05, 0) is 31.2 Å². The van der Waals surface area contributed by atoms with E-state index in [1.807, 2.05) is 19.1 Å². The molecule has 0 saturated heterocycles. The Hall–Kier alpha value is -1.63. The zero-order valence-corrected chi connectivity index (χ0v) is 13.7. The Balaban J connectivity index is 0.00000242. The molecule has 8 heteroatoms. The van der Waals surface area contributed by atoms with Gasteiger partial charge in [-0.15, -0.1) is 12.4 Å². The minimum Gasteiger partial charge on any atom is -0.352 e. The minimum absolute atomic E-state index is 0. The molecule has 2 rings (SSSR count). The van der Waals surface area contributed by atoms with Crippen LogP contribution in [0.1, 0.15) is 19.2 Å². The van der Waals surface area contributed by atoms with Gasteiger partial charge in [-0.2, -0.15) is 4.98 Å². The van der Waals surface area contributed by atoms with E-state index in [1.165, 1.54) is 0 Å². The van der Waals surface area contributed by atoms with Crippen LogP contribution in [-0.2, 0) is 11.2 Å². The van der Waals surface area contributed by atoms with Crippen LogP contribution in [0, 0.1) is 0 Å². The lowest BCUT2D eigenvalue weighted by Crippen LogP contribution is -2.37. The van der Waals surface area contributed by atoms with Crippen LogP contribution in [0.25, 0.3) is 11.4 Å². The highest BCUT2D eigenvalue weighted by atomic mass is 35.5. The number of hydrogen-bond acceptors (Lipinski definition) is 5. The van der Waals surface area contributed by atoms with Crippen molar-refractivity contribution in [3.05, 3.63) is 35.2 Å². The molecule has 120 valence electrons. The Morgan fingerprint density at radius 2 is 2.09 bits per heavy atom. The molecule has 0 fully saturated rings. The molecular formula is C14H18Cl2N4O2. The highest BCUT2D eigenvalue weighted by Gasteiger charge is 2.11. The molecule has 1 atom stereocenters. The van der Waals surface area contributed by atoms with Crippen LogP contribution >= 0.6 is 24.0 Å². The molecule has 0 unspecified atom stereocenters. The van der Waals surface area contributed by atoms with Gasteiger partial charge in [-0.25, -0.2) is 0 Å². The molecule has 0 spiro atoms. The number of halogens is 2. The van der Waals surface area contributed by atoms with E-state index in [-0.39, 0.29) is 30.8 Å². The number of aryl methyl sites for hydroxylation is 1. The molecule has 0 bridgehead atoms. The number of nitrogens with one attached hydrogen (secondary N) is 1. The van der Waals surface area contributed by atoms with Crippen molar-refractivity contribution in [2.75, 3.05) is 6.54 Å². The lowest BCUT2D eigenvalue weighted by molar-refractivity contribution is -0.121. The number of nitrogens with two attached hydrogens (primary N) is 1. The second kappa shape index (κ2) is 8.73. The maximum absolute atomic E-state index is 11.6. The molecule has 2 aromatic rings. The van der Waals surface area contributed by atoms with Crippen molar-refractivity contribution < 1.29 is 9.32 Å². The number of carbonyl (C=O) groups excluding carboxylic acids is 1. The molecule has 0 saturated carbocycles. The topological polar surface area (TPSA) is 94.0 Å². The zero-order valence-electron chi connectivity index (χ0n) is 12.1. The van der Waals surface area contributed by atoms with Gasteiger partial charge >= 0.3 is 0 Å². The minimum atomic E-state index is -0.0841. The predicted molar refractivity (Wildman–Crippen MR) is 87.0 cm³/mol. The van der Waals surface area contributed by atoms with Gasteiger partial charge < -0.3 is 15.6 Å². The van der Waals surface area contributed by atoms with Gasteiger partial charge in [0.25, 0.3) is 0 Å². The van der Waals surface area contributed by atoms with Crippen molar-refractivity contribution >= 4 is 29.9 Å². The van der Waals surface area contributed by atoms with Crippen molar-refractivity contribution in [1.29, 1.82) is 0 Å². The fourth-order valence-electron chi connectivity index (χ4n) is 1.70. The Labute approximate surface area is 139 Å². The first-order chi connectivity index (χ1) is 10.1. The number of amides is 1. The lowest BCUT2D eigenvalue weighted by atomic mass is 10.2. The van der Waals surface area contributed by atoms with Crippen molar-refractivity contribution in [3.8, 4) is 11.4 Å². The van der Waals surface area contributed by atoms with Crippen LogP contribution in [0.4, 0.5) is 0 Å². The largest absolute Gasteiger partial charge is 0.352 e. The third-order valence-corrected chi connectivity index (χ3v) is 3.15. The van der Waals surface area contributed by atoms with E-state index in [4.69, 9.17) is 21.9 Å². The van der Waals surface area contributed by atoms with E-state index in [0.29, 0.717) is 29.7 Å². The van der Waals surface area contributed by atoms with E-state index >= 15 is 0 Å². The van der Waals surface area contributed by atoms with Crippen LogP contribution < -0.4 is 11.1 Å². The first-order valence-corrected chi connectivity index (χ1v) is 7.04. The number of nitrogens with zero attached hydrogens (tertiary/aromatic N) is 2. The number of carbonyl (C=O) groups is 1. The van der Waals surface area contributed by atoms with Crippen molar-refractivity contribution in [2.45, 2.75) is 25.8 Å². The van der Waals surface area contributed by atoms with Gasteiger partial charge in [0.05, 0.1) is 0 Å². The average Bonchev–Trinajstić information content (AvgIpc) is 2.94. The summed E-state index contributed by atoms with van der Waals surface area (Å²) in [6, 6.07) is 7.10. The number of benzene rings is 1. The molecule has 0 aliphatic rings. The monoisotopic (exact) mass is 344 g/mol. The van der Waals surface area contributed by atoms with Gasteiger partial charge in [-0.1, -0.05) is 16.8 Å². The third-order valence-electron chi connectivity index (χ3n) is 2.90. The molecular weight excluding hydrogens is 327 g/mol. The molecule has 3 N–H and O–H groups in total. The Kier molecular flexibility index (Phi) is 7.31. The summed E-state index contributed by atoms with van der Waals surface area (Å²) in [6.45, 7) is 2.26. The summed E-state index contributed by atoms with van der Waals surface area (Å²) < 4.78 is 5.13. The lowest BCUT2D eigenvalue weighted by Gasteiger charge is -2.09. The van der Waals surface area contributed by atoms with Crippen LogP contribution in [0.15, 0.2) is 28.8 Å². The van der Waals surface area contributed by atoms with Crippen molar-refractivity contribution in [1.82, 2.24) is 15.5 Å². The maximum Gasteiger partial charge on any atom is 0.227 e. The molecule has 1 heterocycles. The molecule has 22 heavy (non-hydrogen) atoms. The van der Waals surface area contributed by atoms with E-state index < -0.39 is 0 Å². The van der Waals surface area contributed by atoms with Crippen LogP contribution in [-0.4, -0.2) is 28.6 Å². The second-order valence-corrected chi connectivity index (χ2v) is 5.16. The summed E-state index contributed by atoms with van der Waals surface area (Å²) in [5.74, 6) is 0.826. The summed E-state index contributed by atoms with van der Waals surface area (Å²) in [5.41, 5.74) is 6.26. The Morgan fingerprint density at radius 3 is 2.73 bits per heavy atom. The van der Waals surface area contributed by atoms with Crippen LogP contribution in [0.2, 0.25) is 5.02 Å². The van der Waals surface area contributed by atoms with Gasteiger partial charge in [-0.3, -0.25) is 4.79 Å². The van der Waals surface area contributed by atoms with Gasteiger partial charge in [0.2, 0.25) is 17.6 Å². The third kappa shape index (κ3) is 5.29. The van der Waals surface area contributed by atoms with E-state index in [2.05, 4.69) is 15.5 Å². The fourth-order valence-corrected chi connectivity index (χ4v) is 1.82. The summed E-state index contributed by atoms with van der Waals surface area (Å²) in [7, 11) is 0. The molecule has 0 aliphatic carbocycles. The molecule has 1 amide bonds. The SMILES string of the molecule is C[C@@H](CN)NC(=O)CCc1nc(-c2ccc(Cl)cc2)no1.Cl. The van der Waals surface area contributed by atoms with E-state index in [9.17, 15) is 4.79 Å². The summed E-state index contributed by atoms with van der Waals surface area (Å²) in [6.07, 6.45) is 0.677.